The van der Waals surface area contributed by atoms with E-state index in [9.17, 15) is 23.1 Å². The number of rotatable bonds is 4. The number of phenols is 1. The minimum absolute atomic E-state index is 0.0193. The lowest BCUT2D eigenvalue weighted by atomic mass is 10.1. The van der Waals surface area contributed by atoms with E-state index in [1.807, 2.05) is 32.0 Å². The van der Waals surface area contributed by atoms with Crippen LogP contribution < -0.4 is 4.90 Å². The Labute approximate surface area is 209 Å². The summed E-state index contributed by atoms with van der Waals surface area (Å²) in [7, 11) is 0. The molecule has 10 heteroatoms. The molecule has 3 aromatic carbocycles. The molecular weight excluding hydrogens is 495 g/mol. The van der Waals surface area contributed by atoms with Crippen LogP contribution in [0.1, 0.15) is 22.3 Å². The summed E-state index contributed by atoms with van der Waals surface area (Å²) in [6, 6.07) is 14.6. The van der Waals surface area contributed by atoms with Crippen LogP contribution in [0.15, 0.2) is 75.8 Å². The summed E-state index contributed by atoms with van der Waals surface area (Å²) in [6.07, 6.45) is -3.12. The van der Waals surface area contributed by atoms with Crippen LogP contribution in [0.3, 0.4) is 0 Å². The second kappa shape index (κ2) is 9.63. The maximum Gasteiger partial charge on any atom is 0.416 e. The van der Waals surface area contributed by atoms with Gasteiger partial charge in [-0.25, -0.2) is 0 Å². The SMILES string of the molecule is Cc1ccc(N=Nc2ccc(O)c(/C=C3\SC(=S)N(c4cccc(C(F)(F)F)c4)C3=O)c2)cc1C. The van der Waals surface area contributed by atoms with Crippen molar-refractivity contribution in [2.45, 2.75) is 20.0 Å². The summed E-state index contributed by atoms with van der Waals surface area (Å²) < 4.78 is 39.4. The lowest BCUT2D eigenvalue weighted by Crippen LogP contribution is -2.27. The fraction of sp³-hybridized carbons (Fsp3) is 0.120. The number of phenolic OH excluding ortho intramolecular Hbond substituents is 1. The second-order valence-electron chi connectivity index (χ2n) is 7.78. The van der Waals surface area contributed by atoms with Crippen molar-refractivity contribution < 1.29 is 23.1 Å². The first-order valence-corrected chi connectivity index (χ1v) is 11.5. The maximum atomic E-state index is 13.1. The molecule has 4 rings (SSSR count). The Morgan fingerprint density at radius 1 is 0.971 bits per heavy atom. The fourth-order valence-electron chi connectivity index (χ4n) is 3.28. The van der Waals surface area contributed by atoms with Crippen molar-refractivity contribution in [2.75, 3.05) is 4.90 Å². The lowest BCUT2D eigenvalue weighted by molar-refractivity contribution is -0.137. The van der Waals surface area contributed by atoms with Gasteiger partial charge in [-0.05, 0) is 79.6 Å². The number of thioether (sulfide) groups is 1. The van der Waals surface area contributed by atoms with Crippen molar-refractivity contribution in [2.24, 2.45) is 10.2 Å². The van der Waals surface area contributed by atoms with Gasteiger partial charge >= 0.3 is 6.18 Å². The average molecular weight is 514 g/mol. The lowest BCUT2D eigenvalue weighted by Gasteiger charge is -2.16. The summed E-state index contributed by atoms with van der Waals surface area (Å²) in [5.74, 6) is -0.680. The predicted molar refractivity (Wildman–Crippen MR) is 135 cm³/mol. The van der Waals surface area contributed by atoms with Crippen molar-refractivity contribution in [1.82, 2.24) is 0 Å². The molecule has 1 fully saturated rings. The molecule has 0 spiro atoms. The molecular formula is C25H18F3N3O2S2. The summed E-state index contributed by atoms with van der Waals surface area (Å²) >= 11 is 6.19. The Kier molecular flexibility index (Phi) is 6.77. The van der Waals surface area contributed by atoms with Crippen LogP contribution in [0.4, 0.5) is 30.2 Å². The average Bonchev–Trinajstić information content (AvgIpc) is 3.08. The van der Waals surface area contributed by atoms with Crippen molar-refractivity contribution >= 4 is 57.3 Å². The van der Waals surface area contributed by atoms with Crippen molar-refractivity contribution in [3.8, 4) is 5.75 Å². The van der Waals surface area contributed by atoms with Gasteiger partial charge in [0, 0.05) is 5.56 Å². The molecule has 0 aliphatic carbocycles. The number of benzene rings is 3. The number of anilines is 1. The number of hydrogen-bond donors (Lipinski definition) is 1. The van der Waals surface area contributed by atoms with Crippen molar-refractivity contribution in [3.05, 3.63) is 87.8 Å². The molecule has 1 saturated heterocycles. The molecule has 0 saturated carbocycles. The van der Waals surface area contributed by atoms with Gasteiger partial charge in [0.15, 0.2) is 4.32 Å². The quantitative estimate of drug-likeness (QED) is 0.219. The van der Waals surface area contributed by atoms with Crippen LogP contribution in [0.25, 0.3) is 6.08 Å². The van der Waals surface area contributed by atoms with Gasteiger partial charge in [-0.1, -0.05) is 36.1 Å². The van der Waals surface area contributed by atoms with Crippen LogP contribution in [-0.2, 0) is 11.0 Å². The topological polar surface area (TPSA) is 65.3 Å². The zero-order valence-corrected chi connectivity index (χ0v) is 20.1. The highest BCUT2D eigenvalue weighted by Crippen LogP contribution is 2.39. The standard InChI is InChI=1S/C25H18F3N3O2S2/c1-14-6-7-18(10-15(14)2)29-30-19-8-9-21(32)16(11-19)12-22-23(33)31(24(34)35-22)20-5-3-4-17(13-20)25(26,27)28/h3-13,32H,1-2H3/b22-12-,30-29?. The highest BCUT2D eigenvalue weighted by atomic mass is 32.2. The van der Waals surface area contributed by atoms with E-state index < -0.39 is 17.6 Å². The van der Waals surface area contributed by atoms with E-state index in [1.54, 1.807) is 12.1 Å². The zero-order chi connectivity index (χ0) is 25.3. The Balaban J connectivity index is 1.61. The third kappa shape index (κ3) is 5.44. The Bertz CT molecular complexity index is 1400. The smallest absolute Gasteiger partial charge is 0.416 e. The van der Waals surface area contributed by atoms with E-state index in [2.05, 4.69) is 10.2 Å². The minimum atomic E-state index is -4.55. The molecule has 1 aliphatic rings. The van der Waals surface area contributed by atoms with Gasteiger partial charge in [0.25, 0.3) is 5.91 Å². The first kappa shape index (κ1) is 24.6. The molecule has 35 heavy (non-hydrogen) atoms. The number of aryl methyl sites for hydroxylation is 2. The van der Waals surface area contributed by atoms with Crippen LogP contribution >= 0.6 is 24.0 Å². The van der Waals surface area contributed by atoms with E-state index >= 15 is 0 Å². The number of aromatic hydroxyl groups is 1. The zero-order valence-electron chi connectivity index (χ0n) is 18.5. The predicted octanol–water partition coefficient (Wildman–Crippen LogP) is 7.85. The van der Waals surface area contributed by atoms with E-state index in [0.29, 0.717) is 16.9 Å². The fourth-order valence-corrected chi connectivity index (χ4v) is 4.57. The summed E-state index contributed by atoms with van der Waals surface area (Å²) in [6.45, 7) is 3.97. The normalized spacial score (nSPS) is 15.6. The summed E-state index contributed by atoms with van der Waals surface area (Å²) in [5, 5.41) is 18.7. The Hall–Kier alpha value is -3.50. The maximum absolute atomic E-state index is 13.1. The number of alkyl halides is 3. The van der Waals surface area contributed by atoms with Crippen LogP contribution in [0.5, 0.6) is 5.75 Å². The molecule has 5 nitrogen and oxygen atoms in total. The van der Waals surface area contributed by atoms with Crippen LogP contribution in [-0.4, -0.2) is 15.3 Å². The van der Waals surface area contributed by atoms with E-state index in [-0.39, 0.29) is 20.7 Å². The molecule has 0 aromatic heterocycles. The number of carbonyl (C=O) groups excluding carboxylic acids is 1. The molecule has 1 heterocycles. The number of azo groups is 1. The van der Waals surface area contributed by atoms with Crippen LogP contribution in [0, 0.1) is 13.8 Å². The minimum Gasteiger partial charge on any atom is -0.507 e. The van der Waals surface area contributed by atoms with Crippen molar-refractivity contribution in [3.63, 3.8) is 0 Å². The number of thiocarbonyl (C=S) groups is 1. The molecule has 0 atom stereocenters. The second-order valence-corrected chi connectivity index (χ2v) is 9.45. The molecule has 3 aromatic rings. The Morgan fingerprint density at radius 3 is 2.34 bits per heavy atom. The monoisotopic (exact) mass is 513 g/mol. The van der Waals surface area contributed by atoms with Gasteiger partial charge in [-0.3, -0.25) is 9.69 Å². The van der Waals surface area contributed by atoms with Gasteiger partial charge < -0.3 is 5.11 Å². The van der Waals surface area contributed by atoms with Gasteiger partial charge in [-0.2, -0.15) is 23.4 Å². The molecule has 178 valence electrons. The molecule has 0 radical (unpaired) electrons. The summed E-state index contributed by atoms with van der Waals surface area (Å²) in [4.78, 5) is 14.2. The van der Waals surface area contributed by atoms with Crippen molar-refractivity contribution in [1.29, 1.82) is 0 Å². The molecule has 0 bridgehead atoms. The molecule has 1 aliphatic heterocycles. The number of nitrogens with zero attached hydrogens (tertiary/aromatic N) is 3. The largest absolute Gasteiger partial charge is 0.507 e. The highest BCUT2D eigenvalue weighted by Gasteiger charge is 2.36. The van der Waals surface area contributed by atoms with Gasteiger partial charge in [0.2, 0.25) is 0 Å². The first-order valence-electron chi connectivity index (χ1n) is 10.3. The van der Waals surface area contributed by atoms with Gasteiger partial charge in [0.1, 0.15) is 5.75 Å². The molecule has 1 N–H and O–H groups in total. The number of halogens is 3. The van der Waals surface area contributed by atoms with Crippen LogP contribution in [0.2, 0.25) is 0 Å². The van der Waals surface area contributed by atoms with Gasteiger partial charge in [-0.15, -0.1) is 0 Å². The van der Waals surface area contributed by atoms with E-state index in [1.165, 1.54) is 24.3 Å². The summed E-state index contributed by atoms with van der Waals surface area (Å²) in [5.41, 5.74) is 2.77. The first-order chi connectivity index (χ1) is 16.5. The number of amides is 1. The third-order valence-electron chi connectivity index (χ3n) is 5.29. The van der Waals surface area contributed by atoms with Gasteiger partial charge in [0.05, 0.1) is 27.5 Å². The Morgan fingerprint density at radius 2 is 1.66 bits per heavy atom. The molecule has 0 unspecified atom stereocenters. The highest BCUT2D eigenvalue weighted by molar-refractivity contribution is 8.27. The van der Waals surface area contributed by atoms with E-state index in [4.69, 9.17) is 12.2 Å². The van der Waals surface area contributed by atoms with E-state index in [0.717, 1.165) is 39.9 Å². The molecule has 1 amide bonds. The third-order valence-corrected chi connectivity index (χ3v) is 6.60. The number of carbonyl (C=O) groups is 1. The number of hydrogen-bond acceptors (Lipinski definition) is 6.